The summed E-state index contributed by atoms with van der Waals surface area (Å²) in [4.78, 5) is 20.3. The average molecular weight is 469 g/mol. The first-order valence-electron chi connectivity index (χ1n) is 8.46. The number of nitrogens with two attached hydrogens (primary N) is 1. The third kappa shape index (κ3) is 5.66. The molecule has 3 N–H and O–H groups in total. The van der Waals surface area contributed by atoms with E-state index < -0.39 is 0 Å². The number of primary amides is 1. The second-order valence-electron chi connectivity index (χ2n) is 6.95. The predicted octanol–water partition coefficient (Wildman–Crippen LogP) is 1.20. The average Bonchev–Trinajstić information content (AvgIpc) is 2.98. The lowest BCUT2D eigenvalue weighted by atomic mass is 9.94. The van der Waals surface area contributed by atoms with Crippen LogP contribution in [0.4, 0.5) is 0 Å². The molecular formula is C16H32IN5OS. The number of guanidine groups is 1. The van der Waals surface area contributed by atoms with Crippen molar-refractivity contribution in [1.29, 1.82) is 0 Å². The summed E-state index contributed by atoms with van der Waals surface area (Å²) in [5.41, 5.74) is 5.57. The van der Waals surface area contributed by atoms with Crippen molar-refractivity contribution in [3.05, 3.63) is 0 Å². The van der Waals surface area contributed by atoms with Gasteiger partial charge in [0.25, 0.3) is 0 Å². The van der Waals surface area contributed by atoms with E-state index in [-0.39, 0.29) is 35.4 Å². The fourth-order valence-electron chi connectivity index (χ4n) is 3.53. The molecule has 2 fully saturated rings. The maximum absolute atomic E-state index is 11.2. The largest absolute Gasteiger partial charge is 0.370 e. The van der Waals surface area contributed by atoms with Gasteiger partial charge >= 0.3 is 0 Å². The molecule has 0 spiro atoms. The molecule has 0 aliphatic carbocycles. The van der Waals surface area contributed by atoms with Gasteiger partial charge in [0.15, 0.2) is 5.96 Å². The number of thioether (sulfide) groups is 1. The van der Waals surface area contributed by atoms with E-state index in [0.29, 0.717) is 12.3 Å². The van der Waals surface area contributed by atoms with Crippen LogP contribution < -0.4 is 11.1 Å². The van der Waals surface area contributed by atoms with E-state index in [0.717, 1.165) is 44.2 Å². The normalized spacial score (nSPS) is 27.9. The number of carbonyl (C=O) groups is 1. The zero-order chi connectivity index (χ0) is 16.9. The quantitative estimate of drug-likeness (QED) is 0.360. The van der Waals surface area contributed by atoms with E-state index in [9.17, 15) is 4.79 Å². The molecule has 2 rings (SSSR count). The van der Waals surface area contributed by atoms with E-state index >= 15 is 0 Å². The fourth-order valence-corrected chi connectivity index (χ4v) is 5.08. The van der Waals surface area contributed by atoms with E-state index in [1.54, 1.807) is 0 Å². The number of halogens is 1. The van der Waals surface area contributed by atoms with Gasteiger partial charge in [0.05, 0.1) is 0 Å². The maximum Gasteiger partial charge on any atom is 0.217 e. The zero-order valence-corrected chi connectivity index (χ0v) is 18.2. The molecule has 0 aromatic rings. The van der Waals surface area contributed by atoms with Crippen LogP contribution in [0.15, 0.2) is 4.99 Å². The molecule has 2 aliphatic rings. The minimum atomic E-state index is -0.200. The molecule has 24 heavy (non-hydrogen) atoms. The van der Waals surface area contributed by atoms with E-state index in [1.807, 2.05) is 18.8 Å². The van der Waals surface area contributed by atoms with Gasteiger partial charge < -0.3 is 20.9 Å². The molecule has 140 valence electrons. The lowest BCUT2D eigenvalue weighted by molar-refractivity contribution is -0.119. The highest BCUT2D eigenvalue weighted by atomic mass is 127. The second kappa shape index (κ2) is 10.1. The minimum Gasteiger partial charge on any atom is -0.370 e. The van der Waals surface area contributed by atoms with Crippen molar-refractivity contribution in [2.24, 2.45) is 16.6 Å². The van der Waals surface area contributed by atoms with Crippen molar-refractivity contribution in [3.8, 4) is 0 Å². The molecule has 0 aromatic heterocycles. The Hall–Kier alpha value is -0.220. The molecule has 0 radical (unpaired) electrons. The van der Waals surface area contributed by atoms with E-state index in [1.165, 1.54) is 12.2 Å². The van der Waals surface area contributed by atoms with Crippen molar-refractivity contribution in [2.75, 3.05) is 52.3 Å². The van der Waals surface area contributed by atoms with Gasteiger partial charge in [-0.05, 0) is 45.0 Å². The Morgan fingerprint density at radius 1 is 1.50 bits per heavy atom. The first-order chi connectivity index (χ1) is 11.0. The lowest BCUT2D eigenvalue weighted by Crippen LogP contribution is -2.56. The van der Waals surface area contributed by atoms with Gasteiger partial charge in [-0.15, -0.1) is 24.0 Å². The van der Waals surface area contributed by atoms with Crippen LogP contribution >= 0.6 is 35.7 Å². The summed E-state index contributed by atoms with van der Waals surface area (Å²) in [5, 5.41) is 3.58. The number of aliphatic imine (C=N–C) groups is 1. The smallest absolute Gasteiger partial charge is 0.217 e. The lowest BCUT2D eigenvalue weighted by Gasteiger charge is -2.39. The third-order valence-corrected chi connectivity index (χ3v) is 6.36. The van der Waals surface area contributed by atoms with Crippen LogP contribution in [0.2, 0.25) is 0 Å². The second-order valence-corrected chi connectivity index (χ2v) is 8.05. The van der Waals surface area contributed by atoms with Gasteiger partial charge in [-0.2, -0.15) is 11.8 Å². The first kappa shape index (κ1) is 21.8. The van der Waals surface area contributed by atoms with Crippen LogP contribution in [0.1, 0.15) is 25.7 Å². The van der Waals surface area contributed by atoms with Gasteiger partial charge in [-0.25, -0.2) is 0 Å². The van der Waals surface area contributed by atoms with Crippen molar-refractivity contribution in [2.45, 2.75) is 31.2 Å². The van der Waals surface area contributed by atoms with Gasteiger partial charge in [-0.1, -0.05) is 0 Å². The highest BCUT2D eigenvalue weighted by molar-refractivity contribution is 14.0. The molecule has 2 atom stereocenters. The summed E-state index contributed by atoms with van der Waals surface area (Å²) in [7, 11) is 6.17. The molecule has 8 heteroatoms. The Kier molecular flexibility index (Phi) is 9.14. The molecule has 1 amide bonds. The summed E-state index contributed by atoms with van der Waals surface area (Å²) in [5.74, 6) is 3.49. The summed E-state index contributed by atoms with van der Waals surface area (Å²) in [6.45, 7) is 2.78. The number of nitrogens with zero attached hydrogens (tertiary/aromatic N) is 3. The predicted molar refractivity (Wildman–Crippen MR) is 113 cm³/mol. The summed E-state index contributed by atoms with van der Waals surface area (Å²) >= 11 is 2.02. The Labute approximate surface area is 167 Å². The standard InChI is InChI=1S/C16H31N5OS.HI/c1-18-15(19-11-16(20(2)3)6-8-23-12-16)21-7-4-5-13(10-21)9-14(17)22;/h13H,4-12H2,1-3H3,(H2,17,22)(H,18,19);1H. The highest BCUT2D eigenvalue weighted by Gasteiger charge is 2.37. The Morgan fingerprint density at radius 2 is 2.25 bits per heavy atom. The topological polar surface area (TPSA) is 74.0 Å². The number of piperidine rings is 1. The monoisotopic (exact) mass is 469 g/mol. The number of hydrogen-bond donors (Lipinski definition) is 2. The maximum atomic E-state index is 11.2. The van der Waals surface area contributed by atoms with Gasteiger partial charge in [-0.3, -0.25) is 9.79 Å². The summed E-state index contributed by atoms with van der Waals surface area (Å²) in [6, 6.07) is 0. The number of hydrogen-bond acceptors (Lipinski definition) is 4. The molecule has 2 aliphatic heterocycles. The van der Waals surface area contributed by atoms with Gasteiger partial charge in [0, 0.05) is 44.4 Å². The third-order valence-electron chi connectivity index (χ3n) is 5.13. The number of amides is 1. The van der Waals surface area contributed by atoms with E-state index in [4.69, 9.17) is 5.73 Å². The van der Waals surface area contributed by atoms with Crippen molar-refractivity contribution >= 4 is 47.6 Å². The van der Waals surface area contributed by atoms with Crippen LogP contribution in [0.25, 0.3) is 0 Å². The van der Waals surface area contributed by atoms with Crippen LogP contribution in [0, 0.1) is 5.92 Å². The minimum absolute atomic E-state index is 0. The van der Waals surface area contributed by atoms with Crippen molar-refractivity contribution in [1.82, 2.24) is 15.1 Å². The zero-order valence-electron chi connectivity index (χ0n) is 15.1. The first-order valence-corrected chi connectivity index (χ1v) is 9.61. The number of likely N-dealkylation sites (tertiary alicyclic amines) is 1. The number of carbonyl (C=O) groups excluding carboxylic acids is 1. The molecular weight excluding hydrogens is 437 g/mol. The number of nitrogens with one attached hydrogen (secondary N) is 1. The van der Waals surface area contributed by atoms with Crippen LogP contribution in [0.3, 0.4) is 0 Å². The Morgan fingerprint density at radius 3 is 2.79 bits per heavy atom. The van der Waals surface area contributed by atoms with Gasteiger partial charge in [0.2, 0.25) is 5.91 Å². The van der Waals surface area contributed by atoms with Gasteiger partial charge in [0.1, 0.15) is 0 Å². The van der Waals surface area contributed by atoms with Crippen LogP contribution in [-0.2, 0) is 4.79 Å². The summed E-state index contributed by atoms with van der Waals surface area (Å²) in [6.07, 6.45) is 3.85. The molecule has 0 aromatic carbocycles. The molecule has 2 unspecified atom stereocenters. The fraction of sp³-hybridized carbons (Fsp3) is 0.875. The number of rotatable bonds is 5. The SMILES string of the molecule is CN=C(NCC1(N(C)C)CCSC1)N1CCCC(CC(N)=O)C1.I. The molecule has 0 bridgehead atoms. The Balaban J connectivity index is 0.00000288. The molecule has 2 saturated heterocycles. The molecule has 2 heterocycles. The van der Waals surface area contributed by atoms with Crippen LogP contribution in [0.5, 0.6) is 0 Å². The molecule has 0 saturated carbocycles. The molecule has 6 nitrogen and oxygen atoms in total. The van der Waals surface area contributed by atoms with Crippen molar-refractivity contribution in [3.63, 3.8) is 0 Å². The van der Waals surface area contributed by atoms with Crippen molar-refractivity contribution < 1.29 is 4.79 Å². The highest BCUT2D eigenvalue weighted by Crippen LogP contribution is 2.31. The Bertz CT molecular complexity index is 440. The van der Waals surface area contributed by atoms with E-state index in [2.05, 4.69) is 34.2 Å². The summed E-state index contributed by atoms with van der Waals surface area (Å²) < 4.78 is 0. The number of likely N-dealkylation sites (N-methyl/N-ethyl adjacent to an activating group) is 1. The van der Waals surface area contributed by atoms with Crippen LogP contribution in [-0.4, -0.2) is 79.5 Å².